The first-order chi connectivity index (χ1) is 7.69. The highest BCUT2D eigenvalue weighted by Crippen LogP contribution is 2.30. The van der Waals surface area contributed by atoms with Crippen molar-refractivity contribution in [2.45, 2.75) is 26.2 Å². The molecule has 2 nitrogen and oxygen atoms in total. The first-order valence-electron chi connectivity index (χ1n) is 5.80. The number of aldehydes is 1. The Morgan fingerprint density at radius 3 is 2.31 bits per heavy atom. The summed E-state index contributed by atoms with van der Waals surface area (Å²) in [6, 6.07) is 9.97. The number of hydrogen-bond donors (Lipinski definition) is 1. The molecular weight excluding hydrogens is 200 g/mol. The molecular formula is C14H20O2. The maximum atomic E-state index is 11.0. The summed E-state index contributed by atoms with van der Waals surface area (Å²) in [6.07, 6.45) is 1.80. The van der Waals surface area contributed by atoms with E-state index in [4.69, 9.17) is 0 Å². The second-order valence-corrected chi connectivity index (χ2v) is 4.63. The molecule has 0 aliphatic rings. The Bertz CT molecular complexity index is 306. The van der Waals surface area contributed by atoms with E-state index in [-0.39, 0.29) is 18.4 Å². The highest BCUT2D eigenvalue weighted by molar-refractivity contribution is 5.56. The highest BCUT2D eigenvalue weighted by Gasteiger charge is 2.22. The zero-order chi connectivity index (χ0) is 12.0. The fourth-order valence-corrected chi connectivity index (χ4v) is 2.03. The number of aliphatic hydroxyl groups is 1. The average molecular weight is 220 g/mol. The summed E-state index contributed by atoms with van der Waals surface area (Å²) in [6.45, 7) is 4.19. The number of carbonyl (C=O) groups excluding carboxylic acids is 1. The lowest BCUT2D eigenvalue weighted by atomic mass is 9.81. The van der Waals surface area contributed by atoms with E-state index in [2.05, 4.69) is 13.8 Å². The van der Waals surface area contributed by atoms with E-state index in [1.54, 1.807) is 0 Å². The maximum absolute atomic E-state index is 11.0. The molecule has 1 aromatic carbocycles. The van der Waals surface area contributed by atoms with Crippen LogP contribution in [0.25, 0.3) is 0 Å². The van der Waals surface area contributed by atoms with Gasteiger partial charge in [-0.05, 0) is 23.8 Å². The summed E-state index contributed by atoms with van der Waals surface area (Å²) in [5, 5.41) is 9.24. The predicted molar refractivity (Wildman–Crippen MR) is 65.3 cm³/mol. The molecule has 0 fully saturated rings. The van der Waals surface area contributed by atoms with Crippen molar-refractivity contribution in [2.75, 3.05) is 6.61 Å². The van der Waals surface area contributed by atoms with Crippen molar-refractivity contribution in [1.29, 1.82) is 0 Å². The molecule has 16 heavy (non-hydrogen) atoms. The largest absolute Gasteiger partial charge is 0.396 e. The van der Waals surface area contributed by atoms with E-state index in [0.717, 1.165) is 18.3 Å². The van der Waals surface area contributed by atoms with Gasteiger partial charge in [0.1, 0.15) is 6.29 Å². The minimum Gasteiger partial charge on any atom is -0.396 e. The van der Waals surface area contributed by atoms with E-state index in [9.17, 15) is 9.90 Å². The number of aliphatic hydroxyl groups excluding tert-OH is 1. The molecule has 0 heterocycles. The molecule has 1 aromatic rings. The first-order valence-corrected chi connectivity index (χ1v) is 5.80. The van der Waals surface area contributed by atoms with Gasteiger partial charge in [0.05, 0.1) is 6.61 Å². The van der Waals surface area contributed by atoms with Gasteiger partial charge in [-0.1, -0.05) is 44.2 Å². The van der Waals surface area contributed by atoms with Crippen molar-refractivity contribution < 1.29 is 9.90 Å². The zero-order valence-electron chi connectivity index (χ0n) is 9.97. The quantitative estimate of drug-likeness (QED) is 0.748. The topological polar surface area (TPSA) is 37.3 Å². The van der Waals surface area contributed by atoms with Crippen LogP contribution in [0, 0.1) is 11.8 Å². The van der Waals surface area contributed by atoms with Crippen LogP contribution >= 0.6 is 0 Å². The molecule has 0 bridgehead atoms. The van der Waals surface area contributed by atoms with Crippen LogP contribution in [0.1, 0.15) is 31.7 Å². The van der Waals surface area contributed by atoms with Crippen LogP contribution in [0.2, 0.25) is 0 Å². The van der Waals surface area contributed by atoms with Crippen molar-refractivity contribution in [3.8, 4) is 0 Å². The lowest BCUT2D eigenvalue weighted by Crippen LogP contribution is -2.20. The molecule has 2 atom stereocenters. The Labute approximate surface area is 97.3 Å². The van der Waals surface area contributed by atoms with E-state index in [0.29, 0.717) is 5.92 Å². The third kappa shape index (κ3) is 3.46. The molecule has 0 saturated carbocycles. The standard InChI is InChI=1S/C14H20O2/c1-11(2)8-14(13(9-15)10-16)12-6-4-3-5-7-12/h3-7,9,11,13-14,16H,8,10H2,1-2H3/t13?,14-/m0/s1. The molecule has 0 amide bonds. The Balaban J connectivity index is 2.90. The van der Waals surface area contributed by atoms with Crippen molar-refractivity contribution in [2.24, 2.45) is 11.8 Å². The molecule has 2 heteroatoms. The molecule has 0 aliphatic carbocycles. The van der Waals surface area contributed by atoms with E-state index >= 15 is 0 Å². The van der Waals surface area contributed by atoms with Crippen LogP contribution in [0.3, 0.4) is 0 Å². The van der Waals surface area contributed by atoms with Crippen LogP contribution in [0.15, 0.2) is 30.3 Å². The van der Waals surface area contributed by atoms with Gasteiger partial charge in [-0.2, -0.15) is 0 Å². The molecule has 0 spiro atoms. The van der Waals surface area contributed by atoms with Crippen molar-refractivity contribution >= 4 is 6.29 Å². The first kappa shape index (κ1) is 12.9. The molecule has 0 saturated heterocycles. The van der Waals surface area contributed by atoms with Gasteiger partial charge in [-0.15, -0.1) is 0 Å². The Morgan fingerprint density at radius 2 is 1.88 bits per heavy atom. The Hall–Kier alpha value is -1.15. The summed E-state index contributed by atoms with van der Waals surface area (Å²) >= 11 is 0. The molecule has 0 radical (unpaired) electrons. The number of rotatable bonds is 6. The van der Waals surface area contributed by atoms with E-state index < -0.39 is 0 Å². The van der Waals surface area contributed by atoms with Crippen LogP contribution in [0.5, 0.6) is 0 Å². The molecule has 0 aliphatic heterocycles. The van der Waals surface area contributed by atoms with E-state index in [1.807, 2.05) is 30.3 Å². The minimum atomic E-state index is -0.287. The normalized spacial score (nSPS) is 14.8. The number of hydrogen-bond acceptors (Lipinski definition) is 2. The Morgan fingerprint density at radius 1 is 1.25 bits per heavy atom. The van der Waals surface area contributed by atoms with E-state index in [1.165, 1.54) is 0 Å². The van der Waals surface area contributed by atoms with Gasteiger partial charge in [0.2, 0.25) is 0 Å². The molecule has 1 unspecified atom stereocenters. The van der Waals surface area contributed by atoms with Gasteiger partial charge in [0.25, 0.3) is 0 Å². The highest BCUT2D eigenvalue weighted by atomic mass is 16.3. The van der Waals surface area contributed by atoms with Crippen LogP contribution in [-0.2, 0) is 4.79 Å². The lowest BCUT2D eigenvalue weighted by Gasteiger charge is -2.23. The van der Waals surface area contributed by atoms with Gasteiger partial charge in [0.15, 0.2) is 0 Å². The lowest BCUT2D eigenvalue weighted by molar-refractivity contribution is -0.113. The summed E-state index contributed by atoms with van der Waals surface area (Å²) < 4.78 is 0. The molecule has 1 rings (SSSR count). The second kappa shape index (κ2) is 6.44. The third-order valence-electron chi connectivity index (χ3n) is 2.86. The van der Waals surface area contributed by atoms with Crippen molar-refractivity contribution in [3.63, 3.8) is 0 Å². The molecule has 88 valence electrons. The molecule has 0 aromatic heterocycles. The number of carbonyl (C=O) groups is 1. The van der Waals surface area contributed by atoms with Crippen LogP contribution in [0.4, 0.5) is 0 Å². The third-order valence-corrected chi connectivity index (χ3v) is 2.86. The van der Waals surface area contributed by atoms with Gasteiger partial charge in [-0.3, -0.25) is 0 Å². The summed E-state index contributed by atoms with van der Waals surface area (Å²) in [5.74, 6) is 0.354. The minimum absolute atomic E-state index is 0.0736. The fraction of sp³-hybridized carbons (Fsp3) is 0.500. The monoisotopic (exact) mass is 220 g/mol. The van der Waals surface area contributed by atoms with Crippen LogP contribution in [-0.4, -0.2) is 18.0 Å². The van der Waals surface area contributed by atoms with Gasteiger partial charge >= 0.3 is 0 Å². The van der Waals surface area contributed by atoms with Gasteiger partial charge in [-0.25, -0.2) is 0 Å². The SMILES string of the molecule is CC(C)C[C@@H](c1ccccc1)C(C=O)CO. The number of benzene rings is 1. The summed E-state index contributed by atoms with van der Waals surface area (Å²) in [7, 11) is 0. The Kier molecular flexibility index (Phi) is 5.20. The molecule has 1 N–H and O–H groups in total. The van der Waals surface area contributed by atoms with Crippen molar-refractivity contribution in [1.82, 2.24) is 0 Å². The van der Waals surface area contributed by atoms with Crippen LogP contribution < -0.4 is 0 Å². The second-order valence-electron chi connectivity index (χ2n) is 4.63. The van der Waals surface area contributed by atoms with Gasteiger partial charge < -0.3 is 9.90 Å². The van der Waals surface area contributed by atoms with Gasteiger partial charge in [0, 0.05) is 5.92 Å². The fourth-order valence-electron chi connectivity index (χ4n) is 2.03. The summed E-state index contributed by atoms with van der Waals surface area (Å²) in [4.78, 5) is 11.0. The maximum Gasteiger partial charge on any atom is 0.125 e. The average Bonchev–Trinajstić information content (AvgIpc) is 2.30. The zero-order valence-corrected chi connectivity index (χ0v) is 9.97. The predicted octanol–water partition coefficient (Wildman–Crippen LogP) is 2.62. The van der Waals surface area contributed by atoms with Crippen molar-refractivity contribution in [3.05, 3.63) is 35.9 Å². The summed E-state index contributed by atoms with van der Waals surface area (Å²) in [5.41, 5.74) is 1.14. The smallest absolute Gasteiger partial charge is 0.125 e.